The van der Waals surface area contributed by atoms with Crippen molar-refractivity contribution >= 4 is 0 Å². The number of allylic oxidation sites excluding steroid dienone is 3. The van der Waals surface area contributed by atoms with Crippen LogP contribution in [0.25, 0.3) is 0 Å². The van der Waals surface area contributed by atoms with Gasteiger partial charge in [-0.2, -0.15) is 0 Å². The molecule has 0 radical (unpaired) electrons. The van der Waals surface area contributed by atoms with Gasteiger partial charge in [0.05, 0.1) is 11.7 Å². The van der Waals surface area contributed by atoms with Crippen LogP contribution in [0.5, 0.6) is 0 Å². The smallest absolute Gasteiger partial charge is 0.110 e. The van der Waals surface area contributed by atoms with Crippen molar-refractivity contribution in [2.75, 3.05) is 0 Å². The van der Waals surface area contributed by atoms with Crippen LogP contribution in [0.15, 0.2) is 35.5 Å². The quantitative estimate of drug-likeness (QED) is 0.491. The number of rotatable bonds is 6. The fraction of sp³-hybridized carbons (Fsp3) is 0.778. The van der Waals surface area contributed by atoms with Gasteiger partial charge in [0.2, 0.25) is 0 Å². The number of aliphatic hydroxyl groups excluding tert-OH is 3. The highest BCUT2D eigenvalue weighted by atomic mass is 16.4. The van der Waals surface area contributed by atoms with Crippen LogP contribution in [-0.4, -0.2) is 44.3 Å². The third-order valence-electron chi connectivity index (χ3n) is 8.59. The summed E-state index contributed by atoms with van der Waals surface area (Å²) in [5, 5.41) is 40.1. The van der Waals surface area contributed by atoms with Crippen LogP contribution < -0.4 is 0 Å². The Bertz CT molecular complexity index is 715. The van der Waals surface area contributed by atoms with Crippen LogP contribution in [0.2, 0.25) is 0 Å². The molecule has 0 saturated heterocycles. The maximum absolute atomic E-state index is 10.1. The second-order valence-electron chi connectivity index (χ2n) is 11.4. The summed E-state index contributed by atoms with van der Waals surface area (Å²) in [5.41, 5.74) is 2.62. The molecule has 31 heavy (non-hydrogen) atoms. The Hall–Kier alpha value is -0.940. The SMILES string of the molecule is C=C1/C(=C\C=C2CCC[C@@]3(C)C2CC[C@@H]3[C@H](C)CCCC(C)(C)O)C[C@@H](O)[C@H](O)[C@H]1O. The summed E-state index contributed by atoms with van der Waals surface area (Å²) >= 11 is 0. The molecule has 0 bridgehead atoms. The molecule has 0 aromatic carbocycles. The van der Waals surface area contributed by atoms with E-state index in [0.717, 1.165) is 30.8 Å². The summed E-state index contributed by atoms with van der Waals surface area (Å²) in [5.74, 6) is 1.98. The van der Waals surface area contributed by atoms with Crippen LogP contribution in [0, 0.1) is 23.2 Å². The van der Waals surface area contributed by atoms with Crippen molar-refractivity contribution in [3.63, 3.8) is 0 Å². The molecule has 3 saturated carbocycles. The third kappa shape index (κ3) is 5.35. The van der Waals surface area contributed by atoms with Crippen molar-refractivity contribution in [3.8, 4) is 0 Å². The summed E-state index contributed by atoms with van der Waals surface area (Å²) in [7, 11) is 0. The van der Waals surface area contributed by atoms with E-state index < -0.39 is 23.9 Å². The lowest BCUT2D eigenvalue weighted by molar-refractivity contribution is -0.0530. The first-order valence-electron chi connectivity index (χ1n) is 12.3. The van der Waals surface area contributed by atoms with Crippen LogP contribution in [-0.2, 0) is 0 Å². The lowest BCUT2D eigenvalue weighted by Gasteiger charge is -2.44. The van der Waals surface area contributed by atoms with E-state index in [0.29, 0.717) is 29.2 Å². The maximum atomic E-state index is 10.1. The van der Waals surface area contributed by atoms with E-state index in [-0.39, 0.29) is 0 Å². The van der Waals surface area contributed by atoms with Gasteiger partial charge >= 0.3 is 0 Å². The van der Waals surface area contributed by atoms with E-state index in [4.69, 9.17) is 0 Å². The Kier molecular flexibility index (Phi) is 7.57. The largest absolute Gasteiger partial charge is 0.390 e. The van der Waals surface area contributed by atoms with Gasteiger partial charge in [-0.1, -0.05) is 51.0 Å². The van der Waals surface area contributed by atoms with Crippen molar-refractivity contribution in [2.24, 2.45) is 23.2 Å². The summed E-state index contributed by atoms with van der Waals surface area (Å²) in [6.07, 6.45) is 10.6. The Morgan fingerprint density at radius 2 is 1.90 bits per heavy atom. The number of hydrogen-bond acceptors (Lipinski definition) is 4. The molecule has 1 unspecified atom stereocenters. The minimum atomic E-state index is -1.15. The average molecular weight is 433 g/mol. The highest BCUT2D eigenvalue weighted by Crippen LogP contribution is 2.60. The van der Waals surface area contributed by atoms with E-state index in [1.54, 1.807) is 0 Å². The van der Waals surface area contributed by atoms with Gasteiger partial charge in [-0.15, -0.1) is 0 Å². The fourth-order valence-corrected chi connectivity index (χ4v) is 6.74. The molecule has 3 rings (SSSR count). The lowest BCUT2D eigenvalue weighted by Crippen LogP contribution is -2.43. The van der Waals surface area contributed by atoms with Gasteiger partial charge in [-0.25, -0.2) is 0 Å². The van der Waals surface area contributed by atoms with Gasteiger partial charge in [0, 0.05) is 6.42 Å². The monoisotopic (exact) mass is 432 g/mol. The number of hydrogen-bond donors (Lipinski definition) is 4. The molecular weight excluding hydrogens is 388 g/mol. The van der Waals surface area contributed by atoms with Crippen molar-refractivity contribution in [1.82, 2.24) is 0 Å². The highest BCUT2D eigenvalue weighted by molar-refractivity contribution is 5.40. The zero-order valence-corrected chi connectivity index (χ0v) is 20.0. The molecule has 0 aliphatic heterocycles. The van der Waals surface area contributed by atoms with E-state index in [9.17, 15) is 20.4 Å². The Labute approximate surface area is 188 Å². The molecule has 4 heteroatoms. The van der Waals surface area contributed by atoms with Crippen LogP contribution in [0.4, 0.5) is 0 Å². The first-order chi connectivity index (χ1) is 14.4. The summed E-state index contributed by atoms with van der Waals surface area (Å²) < 4.78 is 0. The van der Waals surface area contributed by atoms with Gasteiger partial charge in [0.15, 0.2) is 0 Å². The zero-order chi connectivity index (χ0) is 23.0. The van der Waals surface area contributed by atoms with Crippen LogP contribution in [0.1, 0.15) is 85.5 Å². The molecule has 4 nitrogen and oxygen atoms in total. The second-order valence-corrected chi connectivity index (χ2v) is 11.4. The third-order valence-corrected chi connectivity index (χ3v) is 8.59. The molecule has 4 N–H and O–H groups in total. The molecule has 0 spiro atoms. The molecule has 3 fully saturated rings. The molecule has 0 aromatic heterocycles. The van der Waals surface area contributed by atoms with E-state index in [1.165, 1.54) is 37.7 Å². The first-order valence-corrected chi connectivity index (χ1v) is 12.3. The molecular formula is C27H44O4. The molecule has 7 atom stereocenters. The molecule has 176 valence electrons. The van der Waals surface area contributed by atoms with Crippen molar-refractivity contribution in [1.29, 1.82) is 0 Å². The van der Waals surface area contributed by atoms with Gasteiger partial charge < -0.3 is 20.4 Å². The Balaban J connectivity index is 1.71. The lowest BCUT2D eigenvalue weighted by atomic mass is 9.60. The van der Waals surface area contributed by atoms with E-state index >= 15 is 0 Å². The minimum absolute atomic E-state index is 0.329. The standard InChI is InChI=1S/C27H44O4/c1-17(8-6-14-26(3,4)31)21-12-13-22-19(9-7-15-27(21,22)5)10-11-20-16-23(28)25(30)24(29)18(20)2/h10-11,17,21-25,28-31H,2,6-9,12-16H2,1,3-5H3/b19-10?,20-11-/t17-,21-,22?,23-,24+,25+,27-/m1/s1. The Morgan fingerprint density at radius 3 is 2.58 bits per heavy atom. The predicted octanol–water partition coefficient (Wildman–Crippen LogP) is 4.68. The van der Waals surface area contributed by atoms with E-state index in [2.05, 4.69) is 26.5 Å². The highest BCUT2D eigenvalue weighted by Gasteiger charge is 2.50. The molecule has 0 heterocycles. The normalized spacial score (nSPS) is 40.4. The molecule has 3 aliphatic rings. The zero-order valence-electron chi connectivity index (χ0n) is 20.0. The maximum Gasteiger partial charge on any atom is 0.110 e. The summed E-state index contributed by atoms with van der Waals surface area (Å²) in [6.45, 7) is 12.6. The van der Waals surface area contributed by atoms with Crippen molar-refractivity contribution < 1.29 is 20.4 Å². The fourth-order valence-electron chi connectivity index (χ4n) is 6.74. The molecule has 0 amide bonds. The van der Waals surface area contributed by atoms with Crippen molar-refractivity contribution in [3.05, 3.63) is 35.5 Å². The average Bonchev–Trinajstić information content (AvgIpc) is 3.04. The van der Waals surface area contributed by atoms with Gasteiger partial charge in [-0.3, -0.25) is 0 Å². The van der Waals surface area contributed by atoms with E-state index in [1.807, 2.05) is 19.9 Å². The Morgan fingerprint density at radius 1 is 1.19 bits per heavy atom. The second kappa shape index (κ2) is 9.51. The molecule has 0 aromatic rings. The van der Waals surface area contributed by atoms with Crippen LogP contribution in [0.3, 0.4) is 0 Å². The first kappa shape index (κ1) is 24.7. The summed E-state index contributed by atoms with van der Waals surface area (Å²) in [4.78, 5) is 0. The number of aliphatic hydroxyl groups is 4. The topological polar surface area (TPSA) is 80.9 Å². The van der Waals surface area contributed by atoms with Gasteiger partial charge in [0.25, 0.3) is 0 Å². The minimum Gasteiger partial charge on any atom is -0.390 e. The van der Waals surface area contributed by atoms with Gasteiger partial charge in [-0.05, 0) is 86.7 Å². The summed E-state index contributed by atoms with van der Waals surface area (Å²) in [6, 6.07) is 0. The predicted molar refractivity (Wildman–Crippen MR) is 125 cm³/mol. The van der Waals surface area contributed by atoms with Crippen LogP contribution >= 0.6 is 0 Å². The molecule has 3 aliphatic carbocycles. The van der Waals surface area contributed by atoms with Gasteiger partial charge in [0.1, 0.15) is 12.2 Å². The van der Waals surface area contributed by atoms with Crippen molar-refractivity contribution in [2.45, 2.75) is 109 Å². The number of fused-ring (bicyclic) bond motifs is 1.